The summed E-state index contributed by atoms with van der Waals surface area (Å²) in [5.41, 5.74) is 0. The van der Waals surface area contributed by atoms with E-state index in [1.165, 1.54) is 12.5 Å². The molecule has 0 heterocycles. The Kier molecular flexibility index (Phi) is 12.0. The lowest BCUT2D eigenvalue weighted by molar-refractivity contribution is 0.406. The Bertz CT molecular complexity index is 89.2. The van der Waals surface area contributed by atoms with E-state index in [0.717, 1.165) is 0 Å². The maximum absolute atomic E-state index is 10.1. The van der Waals surface area contributed by atoms with Crippen molar-refractivity contribution in [1.82, 2.24) is 0 Å². The van der Waals surface area contributed by atoms with Crippen molar-refractivity contribution in [2.24, 2.45) is 0 Å². The van der Waals surface area contributed by atoms with Gasteiger partial charge in [0.15, 0.2) is 0 Å². The van der Waals surface area contributed by atoms with Crippen LogP contribution in [0.5, 0.6) is 0 Å². The third-order valence-electron chi connectivity index (χ3n) is 0.192. The van der Waals surface area contributed by atoms with Gasteiger partial charge in [0.2, 0.25) is 0 Å². The summed E-state index contributed by atoms with van der Waals surface area (Å²) in [6, 6.07) is 0. The Labute approximate surface area is 52.9 Å². The van der Waals surface area contributed by atoms with Gasteiger partial charge in [-0.2, -0.15) is 8.78 Å². The van der Waals surface area contributed by atoms with Gasteiger partial charge in [0.1, 0.15) is 0 Å². The molecule has 0 aromatic carbocycles. The molecule has 0 radical (unpaired) electrons. The lowest BCUT2D eigenvalue weighted by atomic mass is 11.1. The predicted octanol–water partition coefficient (Wildman–Crippen LogP) is 2.69. The molecule has 0 aliphatic carbocycles. The zero-order valence-corrected chi connectivity index (χ0v) is 4.94. The average Bonchev–Trinajstić information content (AvgIpc) is 1.66. The predicted molar refractivity (Wildman–Crippen MR) is 32.8 cm³/mol. The summed E-state index contributed by atoms with van der Waals surface area (Å²) in [6.45, 7) is 8.74. The Hall–Kier alpha value is -1.12. The van der Waals surface area contributed by atoms with Crippen molar-refractivity contribution in [1.29, 1.82) is 0 Å². The van der Waals surface area contributed by atoms with Gasteiger partial charge in [-0.15, -0.1) is 0 Å². The first kappa shape index (κ1) is 10.8. The SMILES string of the molecule is C=C(F)F.C=COC=C. The molecule has 0 saturated carbocycles. The number of ether oxygens (including phenoxy) is 1. The highest BCUT2D eigenvalue weighted by Crippen LogP contribution is 1.85. The number of hydrogen-bond acceptors (Lipinski definition) is 1. The molecule has 0 unspecified atom stereocenters. The molecular weight excluding hydrogens is 126 g/mol. The Balaban J connectivity index is 0. The van der Waals surface area contributed by atoms with Crippen LogP contribution in [0.15, 0.2) is 38.3 Å². The smallest absolute Gasteiger partial charge is 0.263 e. The second-order valence-electron chi connectivity index (χ2n) is 0.808. The molecule has 0 N–H and O–H groups in total. The quantitative estimate of drug-likeness (QED) is 0.527. The molecule has 0 saturated heterocycles. The first-order chi connectivity index (χ1) is 4.15. The van der Waals surface area contributed by atoms with E-state index in [1.54, 1.807) is 0 Å². The summed E-state index contributed by atoms with van der Waals surface area (Å²) in [5, 5.41) is 0. The second kappa shape index (κ2) is 9.99. The van der Waals surface area contributed by atoms with E-state index >= 15 is 0 Å². The maximum Gasteiger partial charge on any atom is 0.263 e. The molecule has 0 atom stereocenters. The molecule has 0 aromatic rings. The number of hydrogen-bond donors (Lipinski definition) is 0. The zero-order valence-electron chi connectivity index (χ0n) is 4.94. The summed E-state index contributed by atoms with van der Waals surface area (Å²) in [6.07, 6.45) is 0.792. The summed E-state index contributed by atoms with van der Waals surface area (Å²) < 4.78 is 24.6. The minimum Gasteiger partial charge on any atom is -0.474 e. The molecule has 0 aliphatic rings. The summed E-state index contributed by atoms with van der Waals surface area (Å²) in [7, 11) is 0. The van der Waals surface area contributed by atoms with E-state index < -0.39 is 6.08 Å². The molecule has 0 rings (SSSR count). The van der Waals surface area contributed by atoms with Gasteiger partial charge in [0, 0.05) is 0 Å². The van der Waals surface area contributed by atoms with Crippen LogP contribution < -0.4 is 0 Å². The lowest BCUT2D eigenvalue weighted by Gasteiger charge is -1.76. The minimum atomic E-state index is -1.83. The van der Waals surface area contributed by atoms with Crippen LogP contribution in [0.3, 0.4) is 0 Å². The topological polar surface area (TPSA) is 9.23 Å². The Morgan fingerprint density at radius 1 is 1.22 bits per heavy atom. The van der Waals surface area contributed by atoms with Crippen molar-refractivity contribution in [2.75, 3.05) is 0 Å². The van der Waals surface area contributed by atoms with Gasteiger partial charge in [-0.3, -0.25) is 0 Å². The molecule has 0 aromatic heterocycles. The van der Waals surface area contributed by atoms with E-state index in [9.17, 15) is 8.78 Å². The number of halogens is 2. The van der Waals surface area contributed by atoms with E-state index in [1.807, 2.05) is 0 Å². The first-order valence-electron chi connectivity index (χ1n) is 2.02. The maximum atomic E-state index is 10.1. The fraction of sp³-hybridized carbons (Fsp3) is 0. The van der Waals surface area contributed by atoms with Crippen molar-refractivity contribution in [2.45, 2.75) is 0 Å². The van der Waals surface area contributed by atoms with Crippen molar-refractivity contribution >= 4 is 0 Å². The van der Waals surface area contributed by atoms with Crippen LogP contribution in [-0.4, -0.2) is 0 Å². The molecule has 9 heavy (non-hydrogen) atoms. The van der Waals surface area contributed by atoms with Crippen LogP contribution in [0.1, 0.15) is 0 Å². The van der Waals surface area contributed by atoms with E-state index in [4.69, 9.17) is 0 Å². The fourth-order valence-electron chi connectivity index (χ4n) is 0.0680. The van der Waals surface area contributed by atoms with Gasteiger partial charge < -0.3 is 4.74 Å². The molecule has 0 bridgehead atoms. The van der Waals surface area contributed by atoms with Crippen molar-refractivity contribution in [3.8, 4) is 0 Å². The van der Waals surface area contributed by atoms with Gasteiger partial charge in [-0.1, -0.05) is 13.2 Å². The van der Waals surface area contributed by atoms with Gasteiger partial charge in [0.25, 0.3) is 6.08 Å². The number of rotatable bonds is 2. The summed E-state index contributed by atoms with van der Waals surface area (Å²) in [4.78, 5) is 0. The van der Waals surface area contributed by atoms with E-state index in [0.29, 0.717) is 0 Å². The molecule has 3 heteroatoms. The monoisotopic (exact) mass is 134 g/mol. The van der Waals surface area contributed by atoms with Crippen molar-refractivity contribution in [3.05, 3.63) is 38.3 Å². The van der Waals surface area contributed by atoms with Crippen molar-refractivity contribution < 1.29 is 13.5 Å². The van der Waals surface area contributed by atoms with Crippen LogP contribution >= 0.6 is 0 Å². The average molecular weight is 134 g/mol. The zero-order chi connectivity index (χ0) is 7.70. The molecule has 1 nitrogen and oxygen atoms in total. The standard InChI is InChI=1S/C4H6O.C2H2F2/c1-3-5-4-2;1-2(3)4/h3-4H,1-2H2;1H2. The van der Waals surface area contributed by atoms with Crippen LogP contribution in [0.25, 0.3) is 0 Å². The van der Waals surface area contributed by atoms with E-state index in [2.05, 4.69) is 24.5 Å². The molecule has 0 spiro atoms. The van der Waals surface area contributed by atoms with Crippen LogP contribution in [0.2, 0.25) is 0 Å². The first-order valence-corrected chi connectivity index (χ1v) is 2.02. The third-order valence-corrected chi connectivity index (χ3v) is 0.192. The van der Waals surface area contributed by atoms with Gasteiger partial charge >= 0.3 is 0 Å². The van der Waals surface area contributed by atoms with Gasteiger partial charge in [0.05, 0.1) is 12.5 Å². The summed E-state index contributed by atoms with van der Waals surface area (Å²) >= 11 is 0. The molecule has 0 aliphatic heterocycles. The van der Waals surface area contributed by atoms with E-state index in [-0.39, 0.29) is 0 Å². The molecular formula is C6H8F2O. The summed E-state index contributed by atoms with van der Waals surface area (Å²) in [5.74, 6) is 0. The lowest BCUT2D eigenvalue weighted by Crippen LogP contribution is -1.52. The molecule has 52 valence electrons. The Morgan fingerprint density at radius 3 is 1.44 bits per heavy atom. The highest BCUT2D eigenvalue weighted by atomic mass is 19.3. The minimum absolute atomic E-state index is 1.31. The molecule has 0 fully saturated rings. The van der Waals surface area contributed by atoms with Crippen LogP contribution in [-0.2, 0) is 4.74 Å². The fourth-order valence-corrected chi connectivity index (χ4v) is 0.0680. The van der Waals surface area contributed by atoms with Crippen LogP contribution in [0, 0.1) is 0 Å². The Morgan fingerprint density at radius 2 is 1.44 bits per heavy atom. The van der Waals surface area contributed by atoms with Crippen molar-refractivity contribution in [3.63, 3.8) is 0 Å². The largest absolute Gasteiger partial charge is 0.474 e. The molecule has 0 amide bonds. The third kappa shape index (κ3) is 212. The second-order valence-corrected chi connectivity index (χ2v) is 0.808. The van der Waals surface area contributed by atoms with Crippen LogP contribution in [0.4, 0.5) is 8.78 Å². The highest BCUT2D eigenvalue weighted by molar-refractivity contribution is 4.57. The normalized spacial score (nSPS) is 6.00. The highest BCUT2D eigenvalue weighted by Gasteiger charge is 1.65. The van der Waals surface area contributed by atoms with Gasteiger partial charge in [-0.25, -0.2) is 0 Å². The van der Waals surface area contributed by atoms with Gasteiger partial charge in [-0.05, 0) is 6.58 Å².